The van der Waals surface area contributed by atoms with Gasteiger partial charge in [-0.1, -0.05) is 30.3 Å². The Labute approximate surface area is 155 Å². The number of hydrogen-bond acceptors (Lipinski definition) is 4. The average Bonchev–Trinajstić information content (AvgIpc) is 3.19. The second kappa shape index (κ2) is 8.01. The molecule has 3 rings (SSSR count). The van der Waals surface area contributed by atoms with Crippen LogP contribution in [-0.4, -0.2) is 62.6 Å². The highest BCUT2D eigenvalue weighted by Gasteiger charge is 2.37. The lowest BCUT2D eigenvalue weighted by Gasteiger charge is -2.29. The number of aliphatic hydroxyl groups is 1. The second-order valence-electron chi connectivity index (χ2n) is 7.42. The number of likely N-dealkylation sites (N-methyl/N-ethyl adjacent to an activating group) is 1. The highest BCUT2D eigenvalue weighted by molar-refractivity contribution is 5.76. The molecule has 0 saturated carbocycles. The van der Waals surface area contributed by atoms with Crippen molar-refractivity contribution in [3.8, 4) is 0 Å². The van der Waals surface area contributed by atoms with Crippen LogP contribution in [0.5, 0.6) is 0 Å². The van der Waals surface area contributed by atoms with Crippen molar-refractivity contribution in [1.29, 1.82) is 0 Å². The van der Waals surface area contributed by atoms with Crippen molar-refractivity contribution in [1.82, 2.24) is 19.4 Å². The number of likely N-dealkylation sites (tertiary alicyclic amines) is 1. The van der Waals surface area contributed by atoms with Crippen LogP contribution in [0.25, 0.3) is 0 Å². The molecule has 1 atom stereocenters. The van der Waals surface area contributed by atoms with Crippen LogP contribution in [0.4, 0.5) is 0 Å². The van der Waals surface area contributed by atoms with Crippen molar-refractivity contribution < 1.29 is 9.90 Å². The fourth-order valence-corrected chi connectivity index (χ4v) is 3.63. The zero-order valence-corrected chi connectivity index (χ0v) is 15.6. The smallest absolute Gasteiger partial charge is 0.222 e. The summed E-state index contributed by atoms with van der Waals surface area (Å²) in [7, 11) is 3.71. The Balaban J connectivity index is 1.48. The number of carbonyl (C=O) groups excluding carboxylic acids is 1. The third-order valence-electron chi connectivity index (χ3n) is 5.13. The quantitative estimate of drug-likeness (QED) is 0.816. The third-order valence-corrected chi connectivity index (χ3v) is 5.13. The summed E-state index contributed by atoms with van der Waals surface area (Å²) in [5.74, 6) is 0.0566. The van der Waals surface area contributed by atoms with Gasteiger partial charge in [0.2, 0.25) is 5.91 Å². The van der Waals surface area contributed by atoms with Crippen molar-refractivity contribution >= 4 is 5.91 Å². The van der Waals surface area contributed by atoms with E-state index < -0.39 is 5.60 Å². The summed E-state index contributed by atoms with van der Waals surface area (Å²) in [5.41, 5.74) is 1.46. The van der Waals surface area contributed by atoms with Crippen LogP contribution in [0.2, 0.25) is 0 Å². The molecule has 1 aliphatic rings. The van der Waals surface area contributed by atoms with Gasteiger partial charge in [0.1, 0.15) is 0 Å². The predicted octanol–water partition coefficient (Wildman–Crippen LogP) is 1.45. The van der Waals surface area contributed by atoms with E-state index in [2.05, 4.69) is 22.0 Å². The van der Waals surface area contributed by atoms with E-state index in [4.69, 9.17) is 0 Å². The van der Waals surface area contributed by atoms with Crippen molar-refractivity contribution in [3.63, 3.8) is 0 Å². The number of imidazole rings is 1. The van der Waals surface area contributed by atoms with E-state index in [1.165, 1.54) is 5.56 Å². The van der Waals surface area contributed by atoms with E-state index >= 15 is 0 Å². The molecular weight excluding hydrogens is 328 g/mol. The van der Waals surface area contributed by atoms with Crippen LogP contribution >= 0.6 is 0 Å². The maximum absolute atomic E-state index is 12.4. The largest absolute Gasteiger partial charge is 0.387 e. The molecule has 1 N–H and O–H groups in total. The van der Waals surface area contributed by atoms with Gasteiger partial charge in [-0.25, -0.2) is 4.98 Å². The normalized spacial score (nSPS) is 20.4. The minimum Gasteiger partial charge on any atom is -0.387 e. The summed E-state index contributed by atoms with van der Waals surface area (Å²) in [4.78, 5) is 20.4. The van der Waals surface area contributed by atoms with Crippen LogP contribution in [-0.2, 0) is 24.8 Å². The highest BCUT2D eigenvalue weighted by atomic mass is 16.3. The number of aromatic nitrogens is 2. The van der Waals surface area contributed by atoms with Gasteiger partial charge in [0.05, 0.1) is 18.5 Å². The topological polar surface area (TPSA) is 61.6 Å². The van der Waals surface area contributed by atoms with Gasteiger partial charge >= 0.3 is 0 Å². The van der Waals surface area contributed by atoms with Gasteiger partial charge < -0.3 is 14.6 Å². The molecule has 0 spiro atoms. The number of amides is 1. The molecule has 1 aromatic carbocycles. The molecule has 6 nitrogen and oxygen atoms in total. The molecule has 1 aliphatic heterocycles. The molecule has 0 radical (unpaired) electrons. The number of rotatable bonds is 7. The maximum Gasteiger partial charge on any atom is 0.222 e. The Morgan fingerprint density at radius 1 is 1.35 bits per heavy atom. The lowest BCUT2D eigenvalue weighted by molar-refractivity contribution is -0.133. The second-order valence-corrected chi connectivity index (χ2v) is 7.42. The Morgan fingerprint density at radius 2 is 2.12 bits per heavy atom. The van der Waals surface area contributed by atoms with Crippen molar-refractivity contribution in [2.24, 2.45) is 7.05 Å². The molecule has 2 heterocycles. The number of aryl methyl sites for hydroxylation is 2. The van der Waals surface area contributed by atoms with Gasteiger partial charge in [-0.15, -0.1) is 0 Å². The highest BCUT2D eigenvalue weighted by Crippen LogP contribution is 2.24. The van der Waals surface area contributed by atoms with E-state index in [0.29, 0.717) is 32.4 Å². The summed E-state index contributed by atoms with van der Waals surface area (Å²) >= 11 is 0. The molecule has 140 valence electrons. The molecule has 26 heavy (non-hydrogen) atoms. The predicted molar refractivity (Wildman–Crippen MR) is 100 cm³/mol. The molecule has 1 fully saturated rings. The lowest BCUT2D eigenvalue weighted by atomic mass is 10.0. The van der Waals surface area contributed by atoms with Crippen molar-refractivity contribution in [2.75, 3.05) is 26.7 Å². The van der Waals surface area contributed by atoms with Crippen molar-refractivity contribution in [3.05, 3.63) is 54.1 Å². The Hall–Kier alpha value is -2.18. The zero-order valence-electron chi connectivity index (χ0n) is 15.6. The molecule has 0 bridgehead atoms. The average molecular weight is 356 g/mol. The number of benzene rings is 1. The van der Waals surface area contributed by atoms with Crippen LogP contribution < -0.4 is 0 Å². The first-order valence-corrected chi connectivity index (χ1v) is 9.13. The molecule has 0 aliphatic carbocycles. The molecule has 1 amide bonds. The number of carbonyl (C=O) groups is 1. The van der Waals surface area contributed by atoms with Gasteiger partial charge in [-0.3, -0.25) is 9.69 Å². The van der Waals surface area contributed by atoms with Gasteiger partial charge in [0.15, 0.2) is 0 Å². The Morgan fingerprint density at radius 3 is 2.81 bits per heavy atom. The third kappa shape index (κ3) is 4.71. The fraction of sp³-hybridized carbons (Fsp3) is 0.500. The van der Waals surface area contributed by atoms with E-state index in [1.54, 1.807) is 24.5 Å². The molecule has 1 aromatic heterocycles. The molecule has 1 unspecified atom stereocenters. The van der Waals surface area contributed by atoms with E-state index in [-0.39, 0.29) is 5.91 Å². The van der Waals surface area contributed by atoms with E-state index in [1.807, 2.05) is 29.8 Å². The zero-order chi connectivity index (χ0) is 18.6. The minimum atomic E-state index is -0.828. The molecule has 2 aromatic rings. The first kappa shape index (κ1) is 18.6. The number of hydrogen-bond donors (Lipinski definition) is 1. The van der Waals surface area contributed by atoms with Gasteiger partial charge in [0, 0.05) is 52.0 Å². The summed E-state index contributed by atoms with van der Waals surface area (Å²) in [6.07, 6.45) is 5.32. The van der Waals surface area contributed by atoms with E-state index in [0.717, 1.165) is 18.8 Å². The van der Waals surface area contributed by atoms with E-state index in [9.17, 15) is 9.90 Å². The van der Waals surface area contributed by atoms with Gasteiger partial charge in [0.25, 0.3) is 0 Å². The van der Waals surface area contributed by atoms with Crippen LogP contribution in [0.3, 0.4) is 0 Å². The SMILES string of the molecule is CN(CC1(O)CCN(Cc2ccccc2)C1)C(=O)CCc1cncn1C. The standard InChI is InChI=1S/C20H28N4O2/c1-22(19(25)9-8-18-12-21-16-23(18)2)14-20(26)10-11-24(15-20)13-17-6-4-3-5-7-17/h3-7,12,16,26H,8-11,13-15H2,1-2H3. The lowest BCUT2D eigenvalue weighted by Crippen LogP contribution is -2.45. The summed E-state index contributed by atoms with van der Waals surface area (Å²) in [6.45, 7) is 2.66. The Bertz CT molecular complexity index is 730. The molecular formula is C20H28N4O2. The maximum atomic E-state index is 12.4. The van der Waals surface area contributed by atoms with Gasteiger partial charge in [-0.2, -0.15) is 0 Å². The summed E-state index contributed by atoms with van der Waals surface area (Å²) in [6, 6.07) is 10.3. The fourth-order valence-electron chi connectivity index (χ4n) is 3.63. The van der Waals surface area contributed by atoms with Gasteiger partial charge in [-0.05, 0) is 18.4 Å². The number of nitrogens with zero attached hydrogens (tertiary/aromatic N) is 4. The number of β-amino-alcohol motifs (C(OH)–C–C–N with tert-alkyl or cyclic N) is 1. The summed E-state index contributed by atoms with van der Waals surface area (Å²) < 4.78 is 1.93. The molecule has 1 saturated heterocycles. The van der Waals surface area contributed by atoms with Crippen LogP contribution in [0.15, 0.2) is 42.9 Å². The van der Waals surface area contributed by atoms with Crippen molar-refractivity contribution in [2.45, 2.75) is 31.4 Å². The monoisotopic (exact) mass is 356 g/mol. The minimum absolute atomic E-state index is 0.0566. The van der Waals surface area contributed by atoms with Crippen LogP contribution in [0.1, 0.15) is 24.1 Å². The molecule has 6 heteroatoms. The Kier molecular flexibility index (Phi) is 5.74. The summed E-state index contributed by atoms with van der Waals surface area (Å²) in [5, 5.41) is 10.9. The first-order valence-electron chi connectivity index (χ1n) is 9.13. The first-order chi connectivity index (χ1) is 12.5. The van der Waals surface area contributed by atoms with Crippen LogP contribution in [0, 0.1) is 0 Å².